The molecule has 2 amide bonds. The number of unbranched alkanes of at least 4 members (excludes halogenated alkanes) is 1. The van der Waals surface area contributed by atoms with Gasteiger partial charge in [0.2, 0.25) is 5.91 Å². The van der Waals surface area contributed by atoms with Crippen LogP contribution in [-0.2, 0) is 9.53 Å². The number of alkyl carbamates (subject to hydrolysis) is 1. The van der Waals surface area contributed by atoms with Crippen LogP contribution in [0, 0.1) is 5.82 Å². The van der Waals surface area contributed by atoms with E-state index in [1.54, 1.807) is 18.2 Å². The van der Waals surface area contributed by atoms with Crippen molar-refractivity contribution in [3.05, 3.63) is 35.6 Å². The molecule has 5 nitrogen and oxygen atoms in total. The van der Waals surface area contributed by atoms with E-state index < -0.39 is 12.1 Å². The van der Waals surface area contributed by atoms with Crippen molar-refractivity contribution < 1.29 is 18.7 Å². The van der Waals surface area contributed by atoms with Gasteiger partial charge in [-0.3, -0.25) is 4.79 Å². The number of hydrogen-bond acceptors (Lipinski definition) is 3. The average molecular weight is 308 g/mol. The second kappa shape index (κ2) is 7.77. The fraction of sp³-hybridized carbons (Fsp3) is 0.500. The summed E-state index contributed by atoms with van der Waals surface area (Å²) in [7, 11) is 0. The Bertz CT molecular complexity index is 536. The Morgan fingerprint density at radius 1 is 1.45 bits per heavy atom. The molecule has 1 heterocycles. The van der Waals surface area contributed by atoms with E-state index >= 15 is 0 Å². The molecule has 0 saturated carbocycles. The summed E-state index contributed by atoms with van der Waals surface area (Å²) in [4.78, 5) is 23.5. The first kappa shape index (κ1) is 16.3. The first-order valence-electron chi connectivity index (χ1n) is 7.57. The number of carbonyl (C=O) groups excluding carboxylic acids is 2. The maximum atomic E-state index is 13.8. The van der Waals surface area contributed by atoms with Crippen LogP contribution in [0.2, 0.25) is 0 Å². The zero-order valence-corrected chi connectivity index (χ0v) is 12.6. The lowest BCUT2D eigenvalue weighted by molar-refractivity contribution is -0.124. The number of piperidine rings is 1. The van der Waals surface area contributed by atoms with Gasteiger partial charge in [0.1, 0.15) is 11.9 Å². The molecule has 1 aromatic carbocycles. The van der Waals surface area contributed by atoms with Gasteiger partial charge in [0.05, 0.1) is 6.61 Å². The minimum Gasteiger partial charge on any atom is -0.450 e. The Labute approximate surface area is 129 Å². The van der Waals surface area contributed by atoms with Crippen LogP contribution in [-0.4, -0.2) is 31.2 Å². The minimum absolute atomic E-state index is 0.167. The first-order chi connectivity index (χ1) is 10.6. The molecule has 1 fully saturated rings. The average Bonchev–Trinajstić information content (AvgIpc) is 2.50. The zero-order valence-electron chi connectivity index (χ0n) is 12.6. The molecule has 0 radical (unpaired) electrons. The number of hydrogen-bond donors (Lipinski definition) is 2. The molecule has 0 spiro atoms. The molecule has 2 atom stereocenters. The molecule has 1 aliphatic heterocycles. The maximum Gasteiger partial charge on any atom is 0.407 e. The predicted octanol–water partition coefficient (Wildman–Crippen LogP) is 2.32. The molecule has 1 aliphatic rings. The van der Waals surface area contributed by atoms with E-state index in [0.717, 1.165) is 12.8 Å². The number of amides is 2. The first-order valence-corrected chi connectivity index (χ1v) is 7.57. The third-order valence-corrected chi connectivity index (χ3v) is 3.73. The number of benzene rings is 1. The number of nitrogens with one attached hydrogen (secondary N) is 2. The predicted molar refractivity (Wildman–Crippen MR) is 79.9 cm³/mol. The summed E-state index contributed by atoms with van der Waals surface area (Å²) < 4.78 is 18.8. The molecule has 0 aromatic heterocycles. The molecule has 6 heteroatoms. The van der Waals surface area contributed by atoms with E-state index in [1.807, 2.05) is 6.92 Å². The Morgan fingerprint density at radius 2 is 2.23 bits per heavy atom. The quantitative estimate of drug-likeness (QED) is 0.820. The van der Waals surface area contributed by atoms with Crippen LogP contribution in [0.5, 0.6) is 0 Å². The van der Waals surface area contributed by atoms with Crippen LogP contribution >= 0.6 is 0 Å². The Balaban J connectivity index is 1.95. The van der Waals surface area contributed by atoms with Crippen molar-refractivity contribution in [1.82, 2.24) is 10.6 Å². The summed E-state index contributed by atoms with van der Waals surface area (Å²) in [5.74, 6) is -0.729. The van der Waals surface area contributed by atoms with Gasteiger partial charge in [-0.05, 0) is 24.5 Å². The van der Waals surface area contributed by atoms with E-state index in [-0.39, 0.29) is 17.6 Å². The number of rotatable bonds is 5. The molecule has 22 heavy (non-hydrogen) atoms. The van der Waals surface area contributed by atoms with Gasteiger partial charge in [0.15, 0.2) is 0 Å². The van der Waals surface area contributed by atoms with Gasteiger partial charge >= 0.3 is 6.09 Å². The fourth-order valence-corrected chi connectivity index (χ4v) is 2.48. The van der Waals surface area contributed by atoms with Crippen molar-refractivity contribution in [2.75, 3.05) is 13.2 Å². The largest absolute Gasteiger partial charge is 0.450 e. The summed E-state index contributed by atoms with van der Waals surface area (Å²) in [6, 6.07) is 5.78. The molecule has 1 aromatic rings. The van der Waals surface area contributed by atoms with Crippen LogP contribution in [0.15, 0.2) is 24.3 Å². The second-order valence-corrected chi connectivity index (χ2v) is 5.39. The van der Waals surface area contributed by atoms with Gasteiger partial charge < -0.3 is 15.4 Å². The Morgan fingerprint density at radius 3 is 2.95 bits per heavy atom. The minimum atomic E-state index is -0.701. The van der Waals surface area contributed by atoms with Crippen molar-refractivity contribution >= 4 is 12.0 Å². The monoisotopic (exact) mass is 308 g/mol. The van der Waals surface area contributed by atoms with Crippen LogP contribution < -0.4 is 10.6 Å². The molecule has 1 saturated heterocycles. The number of halogens is 1. The van der Waals surface area contributed by atoms with Crippen molar-refractivity contribution in [1.29, 1.82) is 0 Å². The Kier molecular flexibility index (Phi) is 5.75. The second-order valence-electron chi connectivity index (χ2n) is 5.39. The summed E-state index contributed by atoms with van der Waals surface area (Å²) in [6.07, 6.45) is 1.45. The topological polar surface area (TPSA) is 67.4 Å². The summed E-state index contributed by atoms with van der Waals surface area (Å²) in [5, 5.41) is 5.26. The van der Waals surface area contributed by atoms with Crippen LogP contribution in [0.1, 0.15) is 37.7 Å². The molecule has 120 valence electrons. The van der Waals surface area contributed by atoms with Crippen molar-refractivity contribution in [2.24, 2.45) is 0 Å². The van der Waals surface area contributed by atoms with E-state index in [2.05, 4.69) is 10.6 Å². The van der Waals surface area contributed by atoms with Crippen LogP contribution in [0.3, 0.4) is 0 Å². The number of carbonyl (C=O) groups is 2. The van der Waals surface area contributed by atoms with E-state index in [4.69, 9.17) is 4.74 Å². The lowest BCUT2D eigenvalue weighted by Gasteiger charge is -2.29. The third kappa shape index (κ3) is 4.19. The highest BCUT2D eigenvalue weighted by Gasteiger charge is 2.31. The fourth-order valence-electron chi connectivity index (χ4n) is 2.48. The maximum absolute atomic E-state index is 13.8. The summed E-state index contributed by atoms with van der Waals surface area (Å²) in [6.45, 7) is 2.69. The van der Waals surface area contributed by atoms with E-state index in [1.165, 1.54) is 6.07 Å². The van der Waals surface area contributed by atoms with Crippen molar-refractivity contribution in [3.63, 3.8) is 0 Å². The highest BCUT2D eigenvalue weighted by Crippen LogP contribution is 2.26. The normalized spacial score (nSPS) is 21.1. The van der Waals surface area contributed by atoms with Crippen molar-refractivity contribution in [2.45, 2.75) is 38.1 Å². The summed E-state index contributed by atoms with van der Waals surface area (Å²) in [5.41, 5.74) is 0.550. The standard InChI is InChI=1S/C16H21FN2O3/c1-2-3-8-22-16(21)19-14-9-11(10-18-15(14)20)12-6-4-5-7-13(12)17/h4-7,11,14H,2-3,8-10H2,1H3,(H,18,20)(H,19,21)/t11-,14+/m1/s1. The van der Waals surface area contributed by atoms with Gasteiger partial charge in [-0.15, -0.1) is 0 Å². The highest BCUT2D eigenvalue weighted by atomic mass is 19.1. The van der Waals surface area contributed by atoms with Gasteiger partial charge in [-0.2, -0.15) is 0 Å². The van der Waals surface area contributed by atoms with Crippen LogP contribution in [0.25, 0.3) is 0 Å². The van der Waals surface area contributed by atoms with Gasteiger partial charge in [0, 0.05) is 12.5 Å². The molecule has 0 bridgehead atoms. The molecular weight excluding hydrogens is 287 g/mol. The molecule has 0 aliphatic carbocycles. The summed E-state index contributed by atoms with van der Waals surface area (Å²) >= 11 is 0. The third-order valence-electron chi connectivity index (χ3n) is 3.73. The van der Waals surface area contributed by atoms with E-state index in [9.17, 15) is 14.0 Å². The molecule has 0 unspecified atom stereocenters. The SMILES string of the molecule is CCCCOC(=O)N[C@H]1C[C@@H](c2ccccc2F)CNC1=O. The number of ether oxygens (including phenoxy) is 1. The molecular formula is C16H21FN2O3. The Hall–Kier alpha value is -2.11. The molecule has 2 rings (SSSR count). The zero-order chi connectivity index (χ0) is 15.9. The smallest absolute Gasteiger partial charge is 0.407 e. The van der Waals surface area contributed by atoms with Crippen molar-refractivity contribution in [3.8, 4) is 0 Å². The highest BCUT2D eigenvalue weighted by molar-refractivity contribution is 5.86. The van der Waals surface area contributed by atoms with Gasteiger partial charge in [-0.25, -0.2) is 9.18 Å². The van der Waals surface area contributed by atoms with E-state index in [0.29, 0.717) is 25.1 Å². The van der Waals surface area contributed by atoms with Gasteiger partial charge in [0.25, 0.3) is 0 Å². The lowest BCUT2D eigenvalue weighted by atomic mass is 9.88. The molecule has 2 N–H and O–H groups in total. The van der Waals surface area contributed by atoms with Crippen LogP contribution in [0.4, 0.5) is 9.18 Å². The lowest BCUT2D eigenvalue weighted by Crippen LogP contribution is -2.52. The van der Waals surface area contributed by atoms with Gasteiger partial charge in [-0.1, -0.05) is 31.5 Å².